The highest BCUT2D eigenvalue weighted by Gasteiger charge is 2.58. The predicted octanol–water partition coefficient (Wildman–Crippen LogP) is 6.57. The maximum atomic E-state index is 12.7. The van der Waals surface area contributed by atoms with Crippen LogP contribution in [-0.4, -0.2) is 71.9 Å². The lowest BCUT2D eigenvalue weighted by Crippen LogP contribution is -2.51. The van der Waals surface area contributed by atoms with Gasteiger partial charge in [0, 0.05) is 44.2 Å². The van der Waals surface area contributed by atoms with Crippen molar-refractivity contribution in [3.63, 3.8) is 0 Å². The molecule has 2 saturated carbocycles. The number of hydrogen-bond acceptors (Lipinski definition) is 5. The van der Waals surface area contributed by atoms with Crippen LogP contribution in [0.1, 0.15) is 115 Å². The number of nitrogens with zero attached hydrogens (tertiary/aromatic N) is 1. The lowest BCUT2D eigenvalue weighted by Gasteiger charge is -2.49. The number of piperidine rings is 1. The predicted molar refractivity (Wildman–Crippen MR) is 189 cm³/mol. The van der Waals surface area contributed by atoms with E-state index in [4.69, 9.17) is 4.74 Å². The molecule has 7 nitrogen and oxygen atoms in total. The van der Waals surface area contributed by atoms with Crippen molar-refractivity contribution < 1.29 is 19.4 Å². The summed E-state index contributed by atoms with van der Waals surface area (Å²) in [7, 11) is 0. The zero-order valence-corrected chi connectivity index (χ0v) is 29.6. The molecule has 1 aromatic rings. The molecule has 0 bridgehead atoms. The van der Waals surface area contributed by atoms with Crippen molar-refractivity contribution in [2.24, 2.45) is 29.1 Å². The lowest BCUT2D eigenvalue weighted by atomic mass is 9.56. The first kappa shape index (κ1) is 34.0. The van der Waals surface area contributed by atoms with E-state index >= 15 is 0 Å². The molecule has 2 unspecified atom stereocenters. The van der Waals surface area contributed by atoms with Crippen molar-refractivity contribution >= 4 is 11.8 Å². The number of ether oxygens (including phenoxy) is 1. The average Bonchev–Trinajstić information content (AvgIpc) is 3.65. The molecule has 7 heteroatoms. The van der Waals surface area contributed by atoms with E-state index in [1.807, 2.05) is 30.3 Å². The summed E-state index contributed by atoms with van der Waals surface area (Å²) in [6.07, 6.45) is 15.8. The van der Waals surface area contributed by atoms with Crippen LogP contribution < -0.4 is 10.6 Å². The molecule has 6 aliphatic rings. The third-order valence-corrected chi connectivity index (χ3v) is 13.7. The maximum Gasteiger partial charge on any atom is 0.251 e. The van der Waals surface area contributed by atoms with Crippen LogP contribution in [-0.2, 0) is 9.53 Å². The number of carbonyl (C=O) groups excluding carboxylic acids is 2. The quantitative estimate of drug-likeness (QED) is 0.196. The van der Waals surface area contributed by atoms with E-state index in [0.29, 0.717) is 48.9 Å². The van der Waals surface area contributed by atoms with Crippen LogP contribution in [0.4, 0.5) is 0 Å². The van der Waals surface area contributed by atoms with Crippen LogP contribution in [0.25, 0.3) is 0 Å². The number of nitrogens with one attached hydrogen (secondary N) is 2. The van der Waals surface area contributed by atoms with Crippen molar-refractivity contribution in [1.29, 1.82) is 0 Å². The van der Waals surface area contributed by atoms with Crippen LogP contribution >= 0.6 is 0 Å². The molecule has 0 aromatic heterocycles. The second kappa shape index (κ2) is 14.0. The molecule has 2 amide bonds. The fraction of sp³-hybridized carbons (Fsp3) is 0.707. The normalized spacial score (nSPS) is 37.3. The van der Waals surface area contributed by atoms with Gasteiger partial charge in [0.2, 0.25) is 5.91 Å². The van der Waals surface area contributed by atoms with E-state index in [2.05, 4.69) is 42.4 Å². The summed E-state index contributed by atoms with van der Waals surface area (Å²) in [5, 5.41) is 16.6. The molecule has 2 heterocycles. The summed E-state index contributed by atoms with van der Waals surface area (Å²) in [5.74, 6) is 2.84. The maximum absolute atomic E-state index is 12.7. The Morgan fingerprint density at radius 2 is 1.88 bits per heavy atom. The van der Waals surface area contributed by atoms with Gasteiger partial charge in [-0.3, -0.25) is 14.5 Å². The summed E-state index contributed by atoms with van der Waals surface area (Å²) in [5.41, 5.74) is 5.64. The van der Waals surface area contributed by atoms with Crippen molar-refractivity contribution in [3.05, 3.63) is 58.7 Å². The van der Waals surface area contributed by atoms with Crippen LogP contribution in [0.15, 0.2) is 53.1 Å². The van der Waals surface area contributed by atoms with Crippen molar-refractivity contribution in [1.82, 2.24) is 15.5 Å². The van der Waals surface area contributed by atoms with Crippen LogP contribution in [0.3, 0.4) is 0 Å². The highest BCUT2D eigenvalue weighted by molar-refractivity contribution is 5.94. The Morgan fingerprint density at radius 3 is 2.71 bits per heavy atom. The van der Waals surface area contributed by atoms with Gasteiger partial charge in [-0.25, -0.2) is 0 Å². The monoisotopic (exact) mass is 657 g/mol. The lowest BCUT2D eigenvalue weighted by molar-refractivity contribution is -0.121. The Balaban J connectivity index is 0.894. The number of fused-ring (bicyclic) bond motifs is 6. The number of hydrogen-bond donors (Lipinski definition) is 3. The van der Waals surface area contributed by atoms with E-state index in [1.54, 1.807) is 16.7 Å². The number of aliphatic hydroxyl groups excluding tert-OH is 1. The summed E-state index contributed by atoms with van der Waals surface area (Å²) >= 11 is 0. The molecule has 48 heavy (non-hydrogen) atoms. The minimum absolute atomic E-state index is 0.0381. The van der Waals surface area contributed by atoms with E-state index in [0.717, 1.165) is 76.8 Å². The SMILES string of the molecule is CC1=C2C[C@H]3[C@@H](CC=C4CC(O)CC[C@@]43C)[C@@H]2CC[C@@]12CC1[C@@H](C[C@H](C)CN1CCNC(=O)CCCCCNC(=O)c1ccccc1)O2. The topological polar surface area (TPSA) is 90.9 Å². The van der Waals surface area contributed by atoms with Gasteiger partial charge in [0.25, 0.3) is 5.91 Å². The van der Waals surface area contributed by atoms with Gasteiger partial charge < -0.3 is 20.5 Å². The second-order valence-electron chi connectivity index (χ2n) is 16.6. The fourth-order valence-corrected chi connectivity index (χ4v) is 11.1. The standard InChI is InChI=1S/C41H59N3O4/c1-27-22-37-36(44(26-27)21-20-42-38(46)12-8-5-9-19-43-39(47)29-10-6-4-7-11-29)25-41(48-37)18-16-32-33-14-13-30-23-31(45)15-17-40(30,3)35(33)24-34(32)28(41)2/h4,6-7,10-11,13,27,31-33,35-37,45H,5,8-9,12,14-26H2,1-3H3,(H,42,46)(H,43,47)/t27-,31?,32-,33-,35-,36?,37+,40-,41+/m0/s1. The highest BCUT2D eigenvalue weighted by Crippen LogP contribution is 2.64. The first-order chi connectivity index (χ1) is 23.2. The Hall–Kier alpha value is -2.48. The average molecular weight is 658 g/mol. The Morgan fingerprint density at radius 1 is 1.04 bits per heavy atom. The van der Waals surface area contributed by atoms with E-state index < -0.39 is 0 Å². The fourth-order valence-electron chi connectivity index (χ4n) is 11.1. The first-order valence-corrected chi connectivity index (χ1v) is 19.3. The van der Waals surface area contributed by atoms with Gasteiger partial charge in [-0.15, -0.1) is 0 Å². The molecular weight excluding hydrogens is 598 g/mol. The Kier molecular flexibility index (Phi) is 9.94. The van der Waals surface area contributed by atoms with E-state index in [1.165, 1.54) is 19.3 Å². The molecule has 7 rings (SSSR count). The third-order valence-electron chi connectivity index (χ3n) is 13.7. The number of allylic oxidation sites excluding steroid dienone is 2. The zero-order valence-electron chi connectivity index (χ0n) is 29.6. The molecule has 4 aliphatic carbocycles. The van der Waals surface area contributed by atoms with E-state index in [9.17, 15) is 14.7 Å². The van der Waals surface area contributed by atoms with Gasteiger partial charge >= 0.3 is 0 Å². The van der Waals surface area contributed by atoms with Crippen molar-refractivity contribution in [2.45, 2.75) is 128 Å². The molecule has 1 spiro atoms. The zero-order chi connectivity index (χ0) is 33.5. The first-order valence-electron chi connectivity index (χ1n) is 19.3. The van der Waals surface area contributed by atoms with Crippen LogP contribution in [0, 0.1) is 29.1 Å². The summed E-state index contributed by atoms with van der Waals surface area (Å²) in [4.78, 5) is 27.5. The molecule has 1 aromatic carbocycles. The number of likely N-dealkylation sites (tertiary alicyclic amines) is 1. The van der Waals surface area contributed by atoms with Gasteiger partial charge in [0.1, 0.15) is 0 Å². The second-order valence-corrected chi connectivity index (χ2v) is 16.6. The molecule has 2 saturated heterocycles. The molecule has 0 radical (unpaired) electrons. The molecule has 4 fully saturated rings. The number of aliphatic hydroxyl groups is 1. The Bertz CT molecular complexity index is 1410. The summed E-state index contributed by atoms with van der Waals surface area (Å²) < 4.78 is 7.21. The molecule has 2 aliphatic heterocycles. The van der Waals surface area contributed by atoms with Crippen molar-refractivity contribution in [2.75, 3.05) is 26.2 Å². The Labute approximate surface area is 288 Å². The number of unbranched alkanes of at least 4 members (excludes halogenated alkanes) is 2. The smallest absolute Gasteiger partial charge is 0.251 e. The van der Waals surface area contributed by atoms with Crippen LogP contribution in [0.5, 0.6) is 0 Å². The van der Waals surface area contributed by atoms with Gasteiger partial charge in [-0.05, 0) is 124 Å². The molecular formula is C41H59N3O4. The highest BCUT2D eigenvalue weighted by atomic mass is 16.5. The van der Waals surface area contributed by atoms with E-state index in [-0.39, 0.29) is 35.0 Å². The molecule has 9 atom stereocenters. The number of benzene rings is 1. The van der Waals surface area contributed by atoms with Gasteiger partial charge in [-0.2, -0.15) is 0 Å². The molecule has 262 valence electrons. The number of rotatable bonds is 10. The summed E-state index contributed by atoms with van der Waals surface area (Å²) in [6.45, 7) is 10.6. The van der Waals surface area contributed by atoms with Crippen LogP contribution in [0.2, 0.25) is 0 Å². The van der Waals surface area contributed by atoms with Gasteiger partial charge in [0.05, 0.1) is 17.8 Å². The largest absolute Gasteiger partial charge is 0.393 e. The number of amides is 2. The van der Waals surface area contributed by atoms with Gasteiger partial charge in [-0.1, -0.05) is 55.7 Å². The van der Waals surface area contributed by atoms with Gasteiger partial charge in [0.15, 0.2) is 0 Å². The summed E-state index contributed by atoms with van der Waals surface area (Å²) in [6, 6.07) is 9.72. The third kappa shape index (κ3) is 6.56. The molecule has 3 N–H and O–H groups in total. The minimum atomic E-state index is -0.153. The number of carbonyl (C=O) groups is 2. The minimum Gasteiger partial charge on any atom is -0.393 e. The van der Waals surface area contributed by atoms with Crippen molar-refractivity contribution in [3.8, 4) is 0 Å².